The van der Waals surface area contributed by atoms with Crippen molar-refractivity contribution in [2.75, 3.05) is 32.6 Å². The highest BCUT2D eigenvalue weighted by atomic mass is 19.1. The molecule has 0 radical (unpaired) electrons. The summed E-state index contributed by atoms with van der Waals surface area (Å²) in [5, 5.41) is 5.06. The monoisotopic (exact) mass is 617 g/mol. The maximum absolute atomic E-state index is 14.8. The van der Waals surface area contributed by atoms with Gasteiger partial charge in [0.25, 0.3) is 0 Å². The molecule has 0 saturated heterocycles. The molecule has 7 nitrogen and oxygen atoms in total. The Bertz CT molecular complexity index is 2060. The van der Waals surface area contributed by atoms with Gasteiger partial charge in [-0.05, 0) is 98.6 Å². The first-order chi connectivity index (χ1) is 22.0. The number of ether oxygens (including phenoxy) is 1. The molecule has 46 heavy (non-hydrogen) atoms. The molecule has 1 amide bonds. The van der Waals surface area contributed by atoms with Crippen LogP contribution < -0.4 is 10.1 Å². The molecule has 236 valence electrons. The standard InChI is InChI=1S/C38H40FN5O2/c1-22(2)12-37(45)42-28-15-26(20-40-21-28)31-18-33-35(13-23(31)3)41-24(4)38(33)36-19-32-30(8-7-9-34(32)43-36)25-14-27(39)17-29(16-25)46-11-10-44(5)6/h7-9,13-22,41,43H,10-12H2,1-6H3,(H,42,45). The molecule has 0 fully saturated rings. The van der Waals surface area contributed by atoms with Crippen molar-refractivity contribution >= 4 is 33.4 Å². The van der Waals surface area contributed by atoms with Crippen molar-refractivity contribution in [3.63, 3.8) is 0 Å². The van der Waals surface area contributed by atoms with E-state index in [4.69, 9.17) is 4.74 Å². The molecule has 0 aliphatic heterocycles. The van der Waals surface area contributed by atoms with Crippen LogP contribution in [0.4, 0.5) is 10.1 Å². The van der Waals surface area contributed by atoms with Gasteiger partial charge in [0.05, 0.1) is 11.9 Å². The molecule has 0 unspecified atom stereocenters. The van der Waals surface area contributed by atoms with E-state index in [1.807, 2.05) is 69.4 Å². The van der Waals surface area contributed by atoms with Crippen LogP contribution in [0.25, 0.3) is 55.3 Å². The van der Waals surface area contributed by atoms with E-state index in [2.05, 4.69) is 52.3 Å². The van der Waals surface area contributed by atoms with Gasteiger partial charge in [0, 0.05) is 69.5 Å². The number of fused-ring (bicyclic) bond motifs is 2. The number of hydrogen-bond acceptors (Lipinski definition) is 4. The number of carbonyl (C=O) groups is 1. The largest absolute Gasteiger partial charge is 0.492 e. The molecule has 3 aromatic heterocycles. The van der Waals surface area contributed by atoms with Gasteiger partial charge in [0.2, 0.25) is 5.91 Å². The minimum Gasteiger partial charge on any atom is -0.492 e. The number of aromatic nitrogens is 3. The van der Waals surface area contributed by atoms with Gasteiger partial charge in [-0.3, -0.25) is 9.78 Å². The molecule has 0 aliphatic rings. The van der Waals surface area contributed by atoms with Crippen LogP contribution in [0.15, 0.2) is 73.1 Å². The van der Waals surface area contributed by atoms with E-state index >= 15 is 0 Å². The zero-order valence-corrected chi connectivity index (χ0v) is 27.2. The van der Waals surface area contributed by atoms with Gasteiger partial charge in [0.1, 0.15) is 18.2 Å². The maximum atomic E-state index is 14.8. The SMILES string of the molecule is Cc1cc2[nH]c(C)c(-c3cc4c(-c5cc(F)cc(OCCN(C)C)c5)cccc4[nH]3)c2cc1-c1cncc(NC(=O)CC(C)C)c1. The summed E-state index contributed by atoms with van der Waals surface area (Å²) < 4.78 is 20.7. The number of anilines is 1. The Morgan fingerprint density at radius 2 is 1.76 bits per heavy atom. The number of nitrogens with one attached hydrogen (secondary N) is 3. The average Bonchev–Trinajstić information content (AvgIpc) is 3.55. The Morgan fingerprint density at radius 3 is 2.54 bits per heavy atom. The van der Waals surface area contributed by atoms with Crippen molar-refractivity contribution in [2.45, 2.75) is 34.1 Å². The number of hydrogen-bond donors (Lipinski definition) is 3. The normalized spacial score (nSPS) is 11.7. The lowest BCUT2D eigenvalue weighted by Gasteiger charge is -2.12. The van der Waals surface area contributed by atoms with E-state index in [1.54, 1.807) is 12.3 Å². The first-order valence-electron chi connectivity index (χ1n) is 15.6. The summed E-state index contributed by atoms with van der Waals surface area (Å²) in [5.74, 6) is 0.431. The number of rotatable bonds is 10. The van der Waals surface area contributed by atoms with Crippen LogP contribution in [0.1, 0.15) is 31.5 Å². The van der Waals surface area contributed by atoms with Gasteiger partial charge in [-0.15, -0.1) is 0 Å². The Labute approximate surface area is 268 Å². The zero-order valence-electron chi connectivity index (χ0n) is 27.2. The van der Waals surface area contributed by atoms with Crippen LogP contribution in [0, 0.1) is 25.6 Å². The molecule has 0 spiro atoms. The topological polar surface area (TPSA) is 86.0 Å². The fraction of sp³-hybridized carbons (Fsp3) is 0.263. The van der Waals surface area contributed by atoms with Crippen molar-refractivity contribution in [2.24, 2.45) is 5.92 Å². The highest BCUT2D eigenvalue weighted by molar-refractivity contribution is 6.04. The Morgan fingerprint density at radius 1 is 0.935 bits per heavy atom. The van der Waals surface area contributed by atoms with Gasteiger partial charge in [-0.25, -0.2) is 4.39 Å². The molecule has 3 heterocycles. The lowest BCUT2D eigenvalue weighted by Crippen LogP contribution is -2.19. The molecule has 0 aliphatic carbocycles. The van der Waals surface area contributed by atoms with Crippen LogP contribution in [0.5, 0.6) is 5.75 Å². The van der Waals surface area contributed by atoms with Crippen LogP contribution >= 0.6 is 0 Å². The summed E-state index contributed by atoms with van der Waals surface area (Å²) in [5.41, 5.74) is 10.5. The number of aryl methyl sites for hydroxylation is 2. The molecular formula is C38H40FN5O2. The molecule has 3 aromatic carbocycles. The predicted molar refractivity (Wildman–Crippen MR) is 186 cm³/mol. The number of carbonyl (C=O) groups excluding carboxylic acids is 1. The van der Waals surface area contributed by atoms with Crippen molar-refractivity contribution in [1.29, 1.82) is 0 Å². The van der Waals surface area contributed by atoms with Crippen molar-refractivity contribution in [3.8, 4) is 39.3 Å². The van der Waals surface area contributed by atoms with Crippen molar-refractivity contribution in [1.82, 2.24) is 19.9 Å². The Balaban J connectivity index is 1.39. The number of benzene rings is 3. The summed E-state index contributed by atoms with van der Waals surface area (Å²) in [6.07, 6.45) is 3.97. The van der Waals surface area contributed by atoms with Gasteiger partial charge in [0.15, 0.2) is 0 Å². The summed E-state index contributed by atoms with van der Waals surface area (Å²) >= 11 is 0. The van der Waals surface area contributed by atoms with E-state index in [9.17, 15) is 9.18 Å². The van der Waals surface area contributed by atoms with E-state index in [0.717, 1.165) is 73.1 Å². The van der Waals surface area contributed by atoms with Crippen LogP contribution in [-0.4, -0.2) is 53.0 Å². The smallest absolute Gasteiger partial charge is 0.224 e. The summed E-state index contributed by atoms with van der Waals surface area (Å²) in [7, 11) is 3.96. The van der Waals surface area contributed by atoms with Gasteiger partial charge in [-0.1, -0.05) is 26.0 Å². The van der Waals surface area contributed by atoms with Crippen molar-refractivity contribution < 1.29 is 13.9 Å². The van der Waals surface area contributed by atoms with Gasteiger partial charge >= 0.3 is 0 Å². The average molecular weight is 618 g/mol. The summed E-state index contributed by atoms with van der Waals surface area (Å²) in [6, 6.07) is 19.4. The quantitative estimate of drug-likeness (QED) is 0.144. The van der Waals surface area contributed by atoms with E-state index in [-0.39, 0.29) is 17.6 Å². The third kappa shape index (κ3) is 6.53. The summed E-state index contributed by atoms with van der Waals surface area (Å²) in [6.45, 7) is 9.43. The summed E-state index contributed by atoms with van der Waals surface area (Å²) in [4.78, 5) is 26.1. The number of amides is 1. The number of pyridine rings is 1. The number of aromatic amines is 2. The lowest BCUT2D eigenvalue weighted by atomic mass is 9.97. The lowest BCUT2D eigenvalue weighted by molar-refractivity contribution is -0.116. The number of likely N-dealkylation sites (N-methyl/N-ethyl adjacent to an activating group) is 1. The number of halogens is 1. The molecular weight excluding hydrogens is 577 g/mol. The fourth-order valence-electron chi connectivity index (χ4n) is 6.07. The predicted octanol–water partition coefficient (Wildman–Crippen LogP) is 8.73. The third-order valence-corrected chi connectivity index (χ3v) is 8.18. The molecule has 8 heteroatoms. The van der Waals surface area contributed by atoms with E-state index in [0.29, 0.717) is 24.5 Å². The Hall–Kier alpha value is -4.95. The molecule has 0 bridgehead atoms. The molecule has 0 saturated carbocycles. The molecule has 6 rings (SSSR count). The molecule has 6 aromatic rings. The number of H-pyrrole nitrogens is 2. The first kappa shape index (κ1) is 31.0. The second kappa shape index (κ2) is 12.8. The van der Waals surface area contributed by atoms with Crippen LogP contribution in [0.2, 0.25) is 0 Å². The van der Waals surface area contributed by atoms with Crippen LogP contribution in [-0.2, 0) is 4.79 Å². The minimum atomic E-state index is -0.335. The highest BCUT2D eigenvalue weighted by Crippen LogP contribution is 2.40. The molecule has 0 atom stereocenters. The minimum absolute atomic E-state index is 0.0193. The van der Waals surface area contributed by atoms with Crippen LogP contribution in [0.3, 0.4) is 0 Å². The Kier molecular flexibility index (Phi) is 8.65. The second-order valence-electron chi connectivity index (χ2n) is 12.7. The third-order valence-electron chi connectivity index (χ3n) is 8.18. The number of nitrogens with zero attached hydrogens (tertiary/aromatic N) is 2. The zero-order chi connectivity index (χ0) is 32.5. The highest BCUT2D eigenvalue weighted by Gasteiger charge is 2.18. The second-order valence-corrected chi connectivity index (χ2v) is 12.7. The maximum Gasteiger partial charge on any atom is 0.224 e. The van der Waals surface area contributed by atoms with Crippen molar-refractivity contribution in [3.05, 3.63) is 90.1 Å². The fourth-order valence-corrected chi connectivity index (χ4v) is 6.07. The van der Waals surface area contributed by atoms with Gasteiger partial charge in [-0.2, -0.15) is 0 Å². The first-order valence-corrected chi connectivity index (χ1v) is 15.6. The molecule has 3 N–H and O–H groups in total. The van der Waals surface area contributed by atoms with E-state index in [1.165, 1.54) is 6.07 Å². The van der Waals surface area contributed by atoms with Gasteiger partial charge < -0.3 is 24.9 Å². The van der Waals surface area contributed by atoms with E-state index < -0.39 is 0 Å².